The van der Waals surface area contributed by atoms with Gasteiger partial charge in [-0.05, 0) is 39.8 Å². The van der Waals surface area contributed by atoms with Gasteiger partial charge in [0.25, 0.3) is 0 Å². The Morgan fingerprint density at radius 2 is 2.04 bits per heavy atom. The number of nitrogens with one attached hydrogen (secondary N) is 1. The van der Waals surface area contributed by atoms with Crippen molar-refractivity contribution in [1.82, 2.24) is 9.97 Å². The minimum absolute atomic E-state index is 0.269. The third-order valence-corrected chi connectivity index (χ3v) is 4.56. The molecule has 0 radical (unpaired) electrons. The number of benzene rings is 1. The predicted octanol–water partition coefficient (Wildman–Crippen LogP) is 5.92. The molecule has 0 saturated carbocycles. The molecule has 1 amide bonds. The number of hydrogen-bond acceptors (Lipinski definition) is 3. The van der Waals surface area contributed by atoms with E-state index in [4.69, 9.17) is 27.9 Å². The highest BCUT2D eigenvalue weighted by Crippen LogP contribution is 2.38. The van der Waals surface area contributed by atoms with Gasteiger partial charge in [-0.2, -0.15) is 0 Å². The molecule has 5 nitrogen and oxygen atoms in total. The Hall–Kier alpha value is -2.05. The summed E-state index contributed by atoms with van der Waals surface area (Å²) in [6.45, 7) is 7.40. The highest BCUT2D eigenvalue weighted by atomic mass is 35.5. The summed E-state index contributed by atoms with van der Waals surface area (Å²) in [5.74, 6) is -0.508. The van der Waals surface area contributed by atoms with E-state index in [2.05, 4.69) is 9.97 Å². The highest BCUT2D eigenvalue weighted by molar-refractivity contribution is 6.46. The second-order valence-electron chi connectivity index (χ2n) is 6.84. The number of halogens is 3. The van der Waals surface area contributed by atoms with Crippen molar-refractivity contribution in [2.75, 3.05) is 11.4 Å². The van der Waals surface area contributed by atoms with Gasteiger partial charge in [-0.25, -0.2) is 14.2 Å². The Morgan fingerprint density at radius 3 is 2.65 bits per heavy atom. The van der Waals surface area contributed by atoms with E-state index in [1.807, 2.05) is 0 Å². The van der Waals surface area contributed by atoms with Gasteiger partial charge >= 0.3 is 6.09 Å². The molecular formula is C18H18Cl2FN3O2. The number of fused-ring (bicyclic) bond motifs is 3. The van der Waals surface area contributed by atoms with E-state index in [-0.39, 0.29) is 10.0 Å². The molecule has 2 aromatic heterocycles. The fourth-order valence-corrected chi connectivity index (χ4v) is 3.16. The summed E-state index contributed by atoms with van der Waals surface area (Å²) in [6, 6.07) is 2.62. The first-order valence-corrected chi connectivity index (χ1v) is 8.83. The molecule has 0 fully saturated rings. The number of carbonyl (C=O) groups is 1. The third kappa shape index (κ3) is 3.31. The molecule has 0 bridgehead atoms. The van der Waals surface area contributed by atoms with Gasteiger partial charge in [0.1, 0.15) is 17.1 Å². The lowest BCUT2D eigenvalue weighted by Crippen LogP contribution is -2.37. The molecule has 138 valence electrons. The Morgan fingerprint density at radius 1 is 1.35 bits per heavy atom. The number of aromatic nitrogens is 2. The number of carbonyl (C=O) groups excluding carboxylic acids is 1. The van der Waals surface area contributed by atoms with Crippen LogP contribution in [0.1, 0.15) is 27.7 Å². The average molecular weight is 398 g/mol. The van der Waals surface area contributed by atoms with Crippen LogP contribution in [0.3, 0.4) is 0 Å². The van der Waals surface area contributed by atoms with Crippen LogP contribution in [0.15, 0.2) is 18.3 Å². The number of aromatic amines is 1. The van der Waals surface area contributed by atoms with E-state index >= 15 is 0 Å². The van der Waals surface area contributed by atoms with Crippen molar-refractivity contribution in [2.24, 2.45) is 0 Å². The van der Waals surface area contributed by atoms with Gasteiger partial charge in [0, 0.05) is 23.5 Å². The standard InChI is InChI=1S/C18H18Cl2FN3O2/c1-5-24(17(25)26-18(2,3)4)12-7-9(21)6-10-13-14(20)11(19)8-22-16(13)23-15(10)12/h6-8H,5H2,1-4H3,(H,22,23). The van der Waals surface area contributed by atoms with Crippen LogP contribution in [-0.2, 0) is 4.74 Å². The molecule has 0 aliphatic heterocycles. The molecule has 0 spiro atoms. The second-order valence-corrected chi connectivity index (χ2v) is 7.63. The first-order chi connectivity index (χ1) is 12.1. The van der Waals surface area contributed by atoms with Crippen molar-refractivity contribution in [3.8, 4) is 0 Å². The first kappa shape index (κ1) is 18.7. The van der Waals surface area contributed by atoms with Crippen LogP contribution < -0.4 is 4.90 Å². The summed E-state index contributed by atoms with van der Waals surface area (Å²) in [5.41, 5.74) is 0.671. The number of H-pyrrole nitrogens is 1. The summed E-state index contributed by atoms with van der Waals surface area (Å²) in [5, 5.41) is 1.55. The average Bonchev–Trinajstić information content (AvgIpc) is 2.89. The predicted molar refractivity (Wildman–Crippen MR) is 103 cm³/mol. The SMILES string of the molecule is CCN(C(=O)OC(C)(C)C)c1cc(F)cc2c1[nH]c1ncc(Cl)c(Cl)c12. The van der Waals surface area contributed by atoms with E-state index in [1.54, 1.807) is 27.7 Å². The molecule has 0 atom stereocenters. The maximum atomic E-state index is 14.3. The van der Waals surface area contributed by atoms with Crippen LogP contribution in [0.25, 0.3) is 21.9 Å². The minimum atomic E-state index is -0.671. The van der Waals surface area contributed by atoms with Crippen molar-refractivity contribution in [2.45, 2.75) is 33.3 Å². The molecule has 8 heteroatoms. The van der Waals surface area contributed by atoms with Crippen molar-refractivity contribution >= 4 is 56.9 Å². The van der Waals surface area contributed by atoms with Crippen LogP contribution in [-0.4, -0.2) is 28.2 Å². The van der Waals surface area contributed by atoms with E-state index < -0.39 is 17.5 Å². The number of rotatable bonds is 2. The lowest BCUT2D eigenvalue weighted by Gasteiger charge is -2.27. The fourth-order valence-electron chi connectivity index (χ4n) is 2.77. The molecule has 1 N–H and O–H groups in total. The fraction of sp³-hybridized carbons (Fsp3) is 0.333. The van der Waals surface area contributed by atoms with Gasteiger partial charge in [-0.3, -0.25) is 4.90 Å². The normalized spacial score (nSPS) is 12.0. The summed E-state index contributed by atoms with van der Waals surface area (Å²) in [6.07, 6.45) is 0.853. The second kappa shape index (κ2) is 6.59. The van der Waals surface area contributed by atoms with Crippen LogP contribution in [0.5, 0.6) is 0 Å². The number of hydrogen-bond donors (Lipinski definition) is 1. The summed E-state index contributed by atoms with van der Waals surface area (Å²) in [4.78, 5) is 21.3. The van der Waals surface area contributed by atoms with Gasteiger partial charge in [0.2, 0.25) is 0 Å². The molecular weight excluding hydrogens is 380 g/mol. The van der Waals surface area contributed by atoms with Crippen molar-refractivity contribution < 1.29 is 13.9 Å². The Labute approximate surface area is 160 Å². The summed E-state index contributed by atoms with van der Waals surface area (Å²) < 4.78 is 19.8. The molecule has 3 aromatic rings. The van der Waals surface area contributed by atoms with Crippen LogP contribution in [0.4, 0.5) is 14.9 Å². The van der Waals surface area contributed by atoms with Gasteiger partial charge in [-0.15, -0.1) is 0 Å². The molecule has 0 aliphatic rings. The zero-order valence-corrected chi connectivity index (χ0v) is 16.3. The Kier molecular flexibility index (Phi) is 4.75. The maximum absolute atomic E-state index is 14.3. The quantitative estimate of drug-likeness (QED) is 0.583. The van der Waals surface area contributed by atoms with Crippen LogP contribution in [0, 0.1) is 5.82 Å². The van der Waals surface area contributed by atoms with E-state index in [1.165, 1.54) is 23.2 Å². The monoisotopic (exact) mass is 397 g/mol. The zero-order chi connectivity index (χ0) is 19.2. The van der Waals surface area contributed by atoms with E-state index in [0.717, 1.165) is 0 Å². The third-order valence-electron chi connectivity index (χ3n) is 3.79. The molecule has 26 heavy (non-hydrogen) atoms. The highest BCUT2D eigenvalue weighted by Gasteiger charge is 2.26. The number of anilines is 1. The largest absolute Gasteiger partial charge is 0.443 e. The van der Waals surface area contributed by atoms with Gasteiger partial charge in [0.15, 0.2) is 0 Å². The molecule has 1 aromatic carbocycles. The van der Waals surface area contributed by atoms with Crippen molar-refractivity contribution in [1.29, 1.82) is 0 Å². The molecule has 3 rings (SSSR count). The summed E-state index contributed by atoms with van der Waals surface area (Å²) in [7, 11) is 0. The lowest BCUT2D eigenvalue weighted by atomic mass is 10.1. The Bertz CT molecular complexity index is 1010. The number of pyridine rings is 1. The van der Waals surface area contributed by atoms with Gasteiger partial charge in [-0.1, -0.05) is 23.2 Å². The molecule has 2 heterocycles. The topological polar surface area (TPSA) is 58.2 Å². The maximum Gasteiger partial charge on any atom is 0.414 e. The number of ether oxygens (including phenoxy) is 1. The van der Waals surface area contributed by atoms with Gasteiger partial charge in [0.05, 0.1) is 21.2 Å². The van der Waals surface area contributed by atoms with Crippen LogP contribution in [0.2, 0.25) is 10.0 Å². The summed E-state index contributed by atoms with van der Waals surface area (Å²) >= 11 is 12.3. The number of nitrogens with zero attached hydrogens (tertiary/aromatic N) is 2. The van der Waals surface area contributed by atoms with E-state index in [9.17, 15) is 9.18 Å². The molecule has 0 saturated heterocycles. The van der Waals surface area contributed by atoms with Gasteiger partial charge < -0.3 is 9.72 Å². The minimum Gasteiger partial charge on any atom is -0.443 e. The van der Waals surface area contributed by atoms with E-state index in [0.29, 0.717) is 34.2 Å². The first-order valence-electron chi connectivity index (χ1n) is 8.08. The number of amides is 1. The smallest absolute Gasteiger partial charge is 0.414 e. The van der Waals surface area contributed by atoms with Crippen molar-refractivity contribution in [3.63, 3.8) is 0 Å². The molecule has 0 aliphatic carbocycles. The Balaban J connectivity index is 2.25. The van der Waals surface area contributed by atoms with Crippen molar-refractivity contribution in [3.05, 3.63) is 34.2 Å². The lowest BCUT2D eigenvalue weighted by molar-refractivity contribution is 0.0582. The zero-order valence-electron chi connectivity index (χ0n) is 14.8. The molecule has 0 unspecified atom stereocenters. The van der Waals surface area contributed by atoms with Crippen LogP contribution >= 0.6 is 23.2 Å².